The van der Waals surface area contributed by atoms with Crippen LogP contribution in [-0.4, -0.2) is 0 Å². The van der Waals surface area contributed by atoms with E-state index in [1.165, 1.54) is 43.8 Å². The lowest BCUT2D eigenvalue weighted by atomic mass is 9.94. The Morgan fingerprint density at radius 3 is 1.44 bits per heavy atom. The van der Waals surface area contributed by atoms with Crippen LogP contribution in [0.5, 0.6) is 0 Å². The van der Waals surface area contributed by atoms with Crippen molar-refractivity contribution < 1.29 is 4.42 Å². The summed E-state index contributed by atoms with van der Waals surface area (Å²) in [4.78, 5) is 2.44. The normalized spacial score (nSPS) is 11.6. The average molecular weight is 638 g/mol. The fourth-order valence-corrected chi connectivity index (χ4v) is 7.73. The molecule has 2 nitrogen and oxygen atoms in total. The number of furan rings is 1. The van der Waals surface area contributed by atoms with Crippen LogP contribution in [0.4, 0.5) is 17.1 Å². The van der Waals surface area contributed by atoms with Gasteiger partial charge in [-0.25, -0.2) is 0 Å². The van der Waals surface area contributed by atoms with E-state index in [1.807, 2.05) is 6.07 Å². The van der Waals surface area contributed by atoms with E-state index < -0.39 is 0 Å². The third-order valence-electron chi connectivity index (χ3n) is 10.1. The molecule has 50 heavy (non-hydrogen) atoms. The van der Waals surface area contributed by atoms with Crippen molar-refractivity contribution in [3.63, 3.8) is 0 Å². The first kappa shape index (κ1) is 28.4. The average Bonchev–Trinajstić information content (AvgIpc) is 3.58. The number of nitrogens with zero attached hydrogens (tertiary/aromatic N) is 1. The molecule has 0 amide bonds. The van der Waals surface area contributed by atoms with Gasteiger partial charge in [-0.3, -0.25) is 0 Å². The van der Waals surface area contributed by atoms with Crippen LogP contribution in [0.25, 0.3) is 76.5 Å². The largest absolute Gasteiger partial charge is 0.455 e. The zero-order valence-electron chi connectivity index (χ0n) is 27.3. The summed E-state index contributed by atoms with van der Waals surface area (Å²) in [7, 11) is 0. The molecule has 0 radical (unpaired) electrons. The number of rotatable bonds is 5. The lowest BCUT2D eigenvalue weighted by molar-refractivity contribution is 0.672. The SMILES string of the molecule is c1ccc(-c2ccc(N(c3ccc4ccc5c6ccccc6oc5c4c3)c3ccc(-c4ccccc4)c4ccccc34)c3ccccc23)cc1. The second kappa shape index (κ2) is 11.5. The van der Waals surface area contributed by atoms with E-state index in [4.69, 9.17) is 4.42 Å². The number of hydrogen-bond acceptors (Lipinski definition) is 2. The molecule has 9 aromatic carbocycles. The molecule has 0 bridgehead atoms. The number of para-hydroxylation sites is 1. The van der Waals surface area contributed by atoms with Crippen LogP contribution in [0.2, 0.25) is 0 Å². The maximum Gasteiger partial charge on any atom is 0.143 e. The minimum absolute atomic E-state index is 0.905. The Hall–Kier alpha value is -6.64. The minimum Gasteiger partial charge on any atom is -0.455 e. The topological polar surface area (TPSA) is 16.4 Å². The molecule has 0 N–H and O–H groups in total. The molecule has 1 heterocycles. The van der Waals surface area contributed by atoms with E-state index >= 15 is 0 Å². The zero-order valence-corrected chi connectivity index (χ0v) is 27.3. The molecule has 2 heteroatoms. The molecular formula is C48H31NO. The molecule has 10 rings (SSSR count). The van der Waals surface area contributed by atoms with Gasteiger partial charge in [0.25, 0.3) is 0 Å². The highest BCUT2D eigenvalue weighted by Gasteiger charge is 2.21. The number of anilines is 3. The van der Waals surface area contributed by atoms with Crippen molar-refractivity contribution in [3.8, 4) is 22.3 Å². The third kappa shape index (κ3) is 4.50. The second-order valence-corrected chi connectivity index (χ2v) is 12.9. The van der Waals surface area contributed by atoms with Gasteiger partial charge in [0, 0.05) is 32.6 Å². The van der Waals surface area contributed by atoms with Gasteiger partial charge < -0.3 is 9.32 Å². The van der Waals surface area contributed by atoms with Crippen molar-refractivity contribution in [2.45, 2.75) is 0 Å². The smallest absolute Gasteiger partial charge is 0.143 e. The molecule has 0 atom stereocenters. The number of fused-ring (bicyclic) bond motifs is 7. The third-order valence-corrected chi connectivity index (χ3v) is 10.1. The van der Waals surface area contributed by atoms with Gasteiger partial charge in [-0.15, -0.1) is 0 Å². The molecule has 0 aliphatic carbocycles. The van der Waals surface area contributed by atoms with Gasteiger partial charge in [-0.05, 0) is 74.8 Å². The molecule has 0 unspecified atom stereocenters. The Morgan fingerprint density at radius 1 is 0.340 bits per heavy atom. The summed E-state index contributed by atoms with van der Waals surface area (Å²) in [6.45, 7) is 0. The van der Waals surface area contributed by atoms with Gasteiger partial charge in [0.1, 0.15) is 11.2 Å². The maximum atomic E-state index is 6.56. The van der Waals surface area contributed by atoms with E-state index in [0.29, 0.717) is 0 Å². The van der Waals surface area contributed by atoms with Gasteiger partial charge in [0.15, 0.2) is 0 Å². The van der Waals surface area contributed by atoms with Crippen LogP contribution in [0.3, 0.4) is 0 Å². The van der Waals surface area contributed by atoms with E-state index in [-0.39, 0.29) is 0 Å². The quantitative estimate of drug-likeness (QED) is 0.187. The fraction of sp³-hybridized carbons (Fsp3) is 0. The number of hydrogen-bond donors (Lipinski definition) is 0. The summed E-state index contributed by atoms with van der Waals surface area (Å²) in [6, 6.07) is 67.5. The van der Waals surface area contributed by atoms with Crippen molar-refractivity contribution in [1.82, 2.24) is 0 Å². The van der Waals surface area contributed by atoms with Gasteiger partial charge >= 0.3 is 0 Å². The van der Waals surface area contributed by atoms with E-state index in [9.17, 15) is 0 Å². The molecule has 0 fully saturated rings. The first-order valence-corrected chi connectivity index (χ1v) is 17.1. The number of benzene rings is 9. The van der Waals surface area contributed by atoms with E-state index in [0.717, 1.165) is 49.8 Å². The molecule has 0 aliphatic heterocycles. The molecule has 0 saturated carbocycles. The van der Waals surface area contributed by atoms with E-state index in [1.54, 1.807) is 0 Å². The Balaban J connectivity index is 1.28. The second-order valence-electron chi connectivity index (χ2n) is 12.9. The van der Waals surface area contributed by atoms with Crippen molar-refractivity contribution >= 4 is 71.3 Å². The van der Waals surface area contributed by atoms with Crippen LogP contribution in [0, 0.1) is 0 Å². The highest BCUT2D eigenvalue weighted by molar-refractivity contribution is 6.17. The van der Waals surface area contributed by atoms with Crippen LogP contribution in [-0.2, 0) is 0 Å². The summed E-state index contributed by atoms with van der Waals surface area (Å²) in [6.07, 6.45) is 0. The minimum atomic E-state index is 0.905. The summed E-state index contributed by atoms with van der Waals surface area (Å²) >= 11 is 0. The van der Waals surface area contributed by atoms with Crippen LogP contribution >= 0.6 is 0 Å². The van der Waals surface area contributed by atoms with E-state index in [2.05, 4.69) is 187 Å². The van der Waals surface area contributed by atoms with Crippen LogP contribution in [0.15, 0.2) is 192 Å². The molecule has 0 saturated heterocycles. The molecule has 1 aromatic heterocycles. The van der Waals surface area contributed by atoms with Gasteiger partial charge in [-0.1, -0.05) is 152 Å². The zero-order chi connectivity index (χ0) is 33.0. The lowest BCUT2D eigenvalue weighted by Crippen LogP contribution is -2.11. The highest BCUT2D eigenvalue weighted by Crippen LogP contribution is 2.47. The summed E-state index contributed by atoms with van der Waals surface area (Å²) in [5.41, 5.74) is 9.98. The standard InChI is InChI=1S/C48H31NO/c1-3-13-32(14-4-1)36-27-29-45(40-19-9-7-17-38(36)40)49(46-30-28-37(33-15-5-2-6-16-33)39-18-8-10-20-41(39)46)35-25-23-34-24-26-43-42-21-11-12-22-47(42)50-48(43)44(34)31-35/h1-31H. The first-order chi connectivity index (χ1) is 24.8. The lowest BCUT2D eigenvalue weighted by Gasteiger charge is -2.29. The molecule has 0 aliphatic rings. The fourth-order valence-electron chi connectivity index (χ4n) is 7.73. The molecular weight excluding hydrogens is 607 g/mol. The van der Waals surface area contributed by atoms with Crippen molar-refractivity contribution in [3.05, 3.63) is 188 Å². The first-order valence-electron chi connectivity index (χ1n) is 17.1. The molecule has 10 aromatic rings. The monoisotopic (exact) mass is 637 g/mol. The van der Waals surface area contributed by atoms with Gasteiger partial charge in [-0.2, -0.15) is 0 Å². The Morgan fingerprint density at radius 2 is 0.840 bits per heavy atom. The Kier molecular flexibility index (Phi) is 6.53. The van der Waals surface area contributed by atoms with Crippen molar-refractivity contribution in [1.29, 1.82) is 0 Å². The predicted octanol–water partition coefficient (Wildman–Crippen LogP) is 13.8. The van der Waals surface area contributed by atoms with Crippen molar-refractivity contribution in [2.24, 2.45) is 0 Å². The highest BCUT2D eigenvalue weighted by atomic mass is 16.3. The predicted molar refractivity (Wildman–Crippen MR) is 212 cm³/mol. The van der Waals surface area contributed by atoms with Gasteiger partial charge in [0.05, 0.1) is 11.4 Å². The van der Waals surface area contributed by atoms with Crippen LogP contribution in [0.1, 0.15) is 0 Å². The molecule has 234 valence electrons. The van der Waals surface area contributed by atoms with Crippen molar-refractivity contribution in [2.75, 3.05) is 4.90 Å². The molecule has 0 spiro atoms. The maximum absolute atomic E-state index is 6.56. The summed E-state index contributed by atoms with van der Waals surface area (Å²) < 4.78 is 6.56. The Labute approximate surface area is 290 Å². The Bertz CT molecular complexity index is 2750. The van der Waals surface area contributed by atoms with Gasteiger partial charge in [0.2, 0.25) is 0 Å². The van der Waals surface area contributed by atoms with Crippen LogP contribution < -0.4 is 4.90 Å². The summed E-state index contributed by atoms with van der Waals surface area (Å²) in [5, 5.41) is 9.31. The summed E-state index contributed by atoms with van der Waals surface area (Å²) in [5.74, 6) is 0.